The van der Waals surface area contributed by atoms with E-state index in [9.17, 15) is 4.79 Å². The summed E-state index contributed by atoms with van der Waals surface area (Å²) in [4.78, 5) is 17.6. The van der Waals surface area contributed by atoms with Crippen molar-refractivity contribution in [1.82, 2.24) is 4.90 Å². The van der Waals surface area contributed by atoms with Crippen LogP contribution in [0.1, 0.15) is 34.1 Å². The molecule has 0 N–H and O–H groups in total. The first kappa shape index (κ1) is 15.3. The molecule has 0 aromatic rings. The molecule has 0 radical (unpaired) electrons. The van der Waals surface area contributed by atoms with Crippen molar-refractivity contribution in [1.29, 1.82) is 0 Å². The minimum Gasteiger partial charge on any atom is -0.443 e. The SMILES string of the molecule is CCCN(C(=O)OC(C)(C)C)C(=NC)SC. The van der Waals surface area contributed by atoms with Crippen LogP contribution in [0.3, 0.4) is 0 Å². The van der Waals surface area contributed by atoms with E-state index in [0.29, 0.717) is 11.7 Å². The fourth-order valence-corrected chi connectivity index (χ4v) is 1.70. The Morgan fingerprint density at radius 3 is 2.31 bits per heavy atom. The molecule has 0 rings (SSSR count). The molecule has 0 aromatic heterocycles. The lowest BCUT2D eigenvalue weighted by Gasteiger charge is -2.27. The Kier molecular flexibility index (Phi) is 6.48. The van der Waals surface area contributed by atoms with E-state index in [-0.39, 0.29) is 6.09 Å². The fourth-order valence-electron chi connectivity index (χ4n) is 1.13. The third-order valence-electron chi connectivity index (χ3n) is 1.67. The van der Waals surface area contributed by atoms with Crippen LogP contribution >= 0.6 is 11.8 Å². The van der Waals surface area contributed by atoms with Gasteiger partial charge in [0.2, 0.25) is 0 Å². The summed E-state index contributed by atoms with van der Waals surface area (Å²) >= 11 is 1.45. The number of nitrogens with zero attached hydrogens (tertiary/aromatic N) is 2. The number of amides is 1. The lowest BCUT2D eigenvalue weighted by Crippen LogP contribution is -2.40. The number of ether oxygens (including phenoxy) is 1. The second kappa shape index (κ2) is 6.78. The molecule has 4 nitrogen and oxygen atoms in total. The number of thioether (sulfide) groups is 1. The molecule has 0 bridgehead atoms. The van der Waals surface area contributed by atoms with Gasteiger partial charge in [0.15, 0.2) is 5.17 Å². The number of amidine groups is 1. The molecule has 0 atom stereocenters. The highest BCUT2D eigenvalue weighted by Gasteiger charge is 2.24. The monoisotopic (exact) mass is 246 g/mol. The van der Waals surface area contributed by atoms with Gasteiger partial charge in [-0.1, -0.05) is 18.7 Å². The molecule has 0 aromatic carbocycles. The van der Waals surface area contributed by atoms with Gasteiger partial charge < -0.3 is 4.74 Å². The van der Waals surface area contributed by atoms with Crippen LogP contribution in [0.2, 0.25) is 0 Å². The second-order valence-corrected chi connectivity index (χ2v) is 5.12. The Morgan fingerprint density at radius 1 is 1.44 bits per heavy atom. The van der Waals surface area contributed by atoms with Crippen molar-refractivity contribution in [2.24, 2.45) is 4.99 Å². The molecule has 0 saturated carbocycles. The molecule has 94 valence electrons. The van der Waals surface area contributed by atoms with Gasteiger partial charge in [0.25, 0.3) is 0 Å². The maximum absolute atomic E-state index is 11.9. The second-order valence-electron chi connectivity index (χ2n) is 4.34. The van der Waals surface area contributed by atoms with E-state index in [0.717, 1.165) is 6.42 Å². The summed E-state index contributed by atoms with van der Waals surface area (Å²) in [6, 6.07) is 0. The normalized spacial score (nSPS) is 12.5. The van der Waals surface area contributed by atoms with Crippen molar-refractivity contribution in [3.63, 3.8) is 0 Å². The third-order valence-corrected chi connectivity index (χ3v) is 2.43. The summed E-state index contributed by atoms with van der Waals surface area (Å²) in [5, 5.41) is 0.691. The summed E-state index contributed by atoms with van der Waals surface area (Å²) in [6.45, 7) is 8.22. The minimum atomic E-state index is -0.472. The van der Waals surface area contributed by atoms with Crippen LogP contribution in [0.5, 0.6) is 0 Å². The molecule has 0 heterocycles. The van der Waals surface area contributed by atoms with Crippen molar-refractivity contribution in [3.8, 4) is 0 Å². The zero-order valence-corrected chi connectivity index (χ0v) is 11.8. The van der Waals surface area contributed by atoms with Gasteiger partial charge in [0.1, 0.15) is 5.60 Å². The molecular formula is C11H22N2O2S. The van der Waals surface area contributed by atoms with Gasteiger partial charge in [-0.3, -0.25) is 9.89 Å². The van der Waals surface area contributed by atoms with Gasteiger partial charge in [-0.05, 0) is 33.4 Å². The largest absolute Gasteiger partial charge is 0.443 e. The van der Waals surface area contributed by atoms with E-state index >= 15 is 0 Å². The van der Waals surface area contributed by atoms with Crippen LogP contribution in [0, 0.1) is 0 Å². The van der Waals surface area contributed by atoms with Crippen molar-refractivity contribution < 1.29 is 9.53 Å². The maximum Gasteiger partial charge on any atom is 0.416 e. The number of hydrogen-bond acceptors (Lipinski definition) is 4. The fraction of sp³-hybridized carbons (Fsp3) is 0.818. The maximum atomic E-state index is 11.9. The Balaban J connectivity index is 4.72. The first-order valence-electron chi connectivity index (χ1n) is 5.37. The van der Waals surface area contributed by atoms with Gasteiger partial charge in [-0.25, -0.2) is 4.79 Å². The first-order chi connectivity index (χ1) is 7.35. The summed E-state index contributed by atoms with van der Waals surface area (Å²) in [5.41, 5.74) is -0.472. The zero-order chi connectivity index (χ0) is 12.8. The van der Waals surface area contributed by atoms with Crippen molar-refractivity contribution in [2.75, 3.05) is 19.8 Å². The minimum absolute atomic E-state index is 0.329. The van der Waals surface area contributed by atoms with Gasteiger partial charge in [0.05, 0.1) is 0 Å². The van der Waals surface area contributed by atoms with Crippen molar-refractivity contribution in [2.45, 2.75) is 39.7 Å². The molecule has 0 aliphatic heterocycles. The van der Waals surface area contributed by atoms with E-state index in [4.69, 9.17) is 4.74 Å². The van der Waals surface area contributed by atoms with E-state index in [1.165, 1.54) is 11.8 Å². The van der Waals surface area contributed by atoms with E-state index in [1.807, 2.05) is 34.0 Å². The first-order valence-corrected chi connectivity index (χ1v) is 6.59. The van der Waals surface area contributed by atoms with Gasteiger partial charge >= 0.3 is 6.09 Å². The lowest BCUT2D eigenvalue weighted by molar-refractivity contribution is 0.0374. The smallest absolute Gasteiger partial charge is 0.416 e. The zero-order valence-electron chi connectivity index (χ0n) is 11.0. The predicted molar refractivity (Wildman–Crippen MR) is 70.1 cm³/mol. The molecular weight excluding hydrogens is 224 g/mol. The standard InChI is InChI=1S/C11H22N2O2S/c1-7-8-13(9(12-5)16-6)10(14)15-11(2,3)4/h7-8H2,1-6H3. The quantitative estimate of drug-likeness (QED) is 0.555. The van der Waals surface area contributed by atoms with Crippen molar-refractivity contribution in [3.05, 3.63) is 0 Å². The Morgan fingerprint density at radius 2 is 2.00 bits per heavy atom. The summed E-state index contributed by atoms with van der Waals surface area (Å²) in [7, 11) is 1.68. The number of carbonyl (C=O) groups is 1. The Bertz CT molecular complexity index is 259. The highest BCUT2D eigenvalue weighted by molar-refractivity contribution is 8.13. The van der Waals surface area contributed by atoms with E-state index < -0.39 is 5.60 Å². The topological polar surface area (TPSA) is 41.9 Å². The number of rotatable bonds is 2. The molecule has 5 heteroatoms. The highest BCUT2D eigenvalue weighted by Crippen LogP contribution is 2.13. The predicted octanol–water partition coefficient (Wildman–Crippen LogP) is 2.98. The molecule has 0 unspecified atom stereocenters. The van der Waals surface area contributed by atoms with Crippen LogP contribution in [-0.4, -0.2) is 41.6 Å². The van der Waals surface area contributed by atoms with Gasteiger partial charge in [0, 0.05) is 13.6 Å². The summed E-state index contributed by atoms with van der Waals surface area (Å²) in [5.74, 6) is 0. The summed E-state index contributed by atoms with van der Waals surface area (Å²) in [6.07, 6.45) is 2.44. The van der Waals surface area contributed by atoms with E-state index in [1.54, 1.807) is 11.9 Å². The average molecular weight is 246 g/mol. The number of hydrogen-bond donors (Lipinski definition) is 0. The average Bonchev–Trinajstić information content (AvgIpc) is 2.15. The molecule has 0 fully saturated rings. The molecule has 0 aliphatic rings. The van der Waals surface area contributed by atoms with Crippen LogP contribution in [-0.2, 0) is 4.74 Å². The number of aliphatic imine (C=N–C) groups is 1. The van der Waals surface area contributed by atoms with E-state index in [2.05, 4.69) is 4.99 Å². The van der Waals surface area contributed by atoms with Gasteiger partial charge in [-0.15, -0.1) is 0 Å². The lowest BCUT2D eigenvalue weighted by atomic mass is 10.2. The van der Waals surface area contributed by atoms with Crippen LogP contribution in [0.15, 0.2) is 4.99 Å². The third kappa shape index (κ3) is 5.39. The Hall–Kier alpha value is -0.710. The summed E-state index contributed by atoms with van der Waals surface area (Å²) < 4.78 is 5.33. The number of carbonyl (C=O) groups excluding carboxylic acids is 1. The highest BCUT2D eigenvalue weighted by atomic mass is 32.2. The molecule has 1 amide bonds. The van der Waals surface area contributed by atoms with Gasteiger partial charge in [-0.2, -0.15) is 0 Å². The Labute approximate surface area is 102 Å². The molecule has 0 aliphatic carbocycles. The van der Waals surface area contributed by atoms with Crippen LogP contribution < -0.4 is 0 Å². The van der Waals surface area contributed by atoms with Crippen LogP contribution in [0.4, 0.5) is 4.79 Å². The molecule has 0 saturated heterocycles. The van der Waals surface area contributed by atoms with Crippen molar-refractivity contribution >= 4 is 23.0 Å². The van der Waals surface area contributed by atoms with Crippen LogP contribution in [0.25, 0.3) is 0 Å². The molecule has 0 spiro atoms. The molecule has 16 heavy (non-hydrogen) atoms.